The molecule has 0 aromatic rings. The summed E-state index contributed by atoms with van der Waals surface area (Å²) in [6.07, 6.45) is 5.76. The van der Waals surface area contributed by atoms with Gasteiger partial charge in [0.05, 0.1) is 0 Å². The summed E-state index contributed by atoms with van der Waals surface area (Å²) in [5, 5.41) is 0. The van der Waals surface area contributed by atoms with E-state index in [0.717, 1.165) is 5.92 Å². The van der Waals surface area contributed by atoms with Crippen LogP contribution >= 0.6 is 0 Å². The molecule has 0 aromatic carbocycles. The molecule has 1 saturated carbocycles. The van der Waals surface area contributed by atoms with E-state index in [-0.39, 0.29) is 0 Å². The first kappa shape index (κ1) is 10.1. The van der Waals surface area contributed by atoms with E-state index >= 15 is 0 Å². The molecule has 2 unspecified atom stereocenters. The summed E-state index contributed by atoms with van der Waals surface area (Å²) in [5.41, 5.74) is 1.05. The zero-order valence-corrected chi connectivity index (χ0v) is 9.41. The highest BCUT2D eigenvalue weighted by Gasteiger charge is 2.42. The molecule has 1 aliphatic rings. The highest BCUT2D eigenvalue weighted by atomic mass is 14.5. The van der Waals surface area contributed by atoms with Crippen LogP contribution in [0, 0.1) is 16.7 Å². The van der Waals surface area contributed by atoms with E-state index in [1.807, 2.05) is 0 Å². The molecule has 1 fully saturated rings. The van der Waals surface area contributed by atoms with Gasteiger partial charge in [0.25, 0.3) is 0 Å². The Labute approximate surface area is 77.7 Å². The van der Waals surface area contributed by atoms with Crippen LogP contribution in [-0.2, 0) is 0 Å². The Balaban J connectivity index is 2.79. The maximum Gasteiger partial charge on any atom is -0.0252 e. The van der Waals surface area contributed by atoms with Gasteiger partial charge in [-0.2, -0.15) is 0 Å². The van der Waals surface area contributed by atoms with Gasteiger partial charge in [0.15, 0.2) is 0 Å². The maximum absolute atomic E-state index is 2.48. The van der Waals surface area contributed by atoms with Crippen LogP contribution in [0.15, 0.2) is 0 Å². The second-order valence-electron chi connectivity index (χ2n) is 5.81. The molecule has 1 rings (SSSR count). The minimum atomic E-state index is 0.479. The largest absolute Gasteiger partial charge is 0.0620 e. The van der Waals surface area contributed by atoms with Crippen LogP contribution in [0.1, 0.15) is 60.3 Å². The van der Waals surface area contributed by atoms with Crippen LogP contribution in [0.3, 0.4) is 0 Å². The van der Waals surface area contributed by atoms with Gasteiger partial charge in [0.2, 0.25) is 0 Å². The molecule has 0 amide bonds. The minimum Gasteiger partial charge on any atom is -0.0620 e. The Kier molecular flexibility index (Phi) is 2.56. The van der Waals surface area contributed by atoms with Gasteiger partial charge in [-0.3, -0.25) is 0 Å². The smallest absolute Gasteiger partial charge is 0.0252 e. The van der Waals surface area contributed by atoms with Crippen molar-refractivity contribution in [2.75, 3.05) is 0 Å². The first-order valence-electron chi connectivity index (χ1n) is 5.38. The molecule has 1 aliphatic carbocycles. The summed E-state index contributed by atoms with van der Waals surface area (Å²) in [7, 11) is 0. The molecule has 0 heteroatoms. The third-order valence-electron chi connectivity index (χ3n) is 4.38. The molecule has 0 nitrogen and oxygen atoms in total. The highest BCUT2D eigenvalue weighted by molar-refractivity contribution is 4.92. The van der Waals surface area contributed by atoms with E-state index in [4.69, 9.17) is 0 Å². The van der Waals surface area contributed by atoms with Crippen molar-refractivity contribution >= 4 is 0 Å². The second-order valence-corrected chi connectivity index (χ2v) is 5.81. The highest BCUT2D eigenvalue weighted by Crippen LogP contribution is 2.52. The predicted molar refractivity (Wildman–Crippen MR) is 55.2 cm³/mol. The fourth-order valence-corrected chi connectivity index (χ4v) is 2.62. The van der Waals surface area contributed by atoms with Gasteiger partial charge in [-0.25, -0.2) is 0 Å². The molecule has 0 radical (unpaired) electrons. The lowest BCUT2D eigenvalue weighted by Crippen LogP contribution is -2.40. The van der Waals surface area contributed by atoms with E-state index < -0.39 is 0 Å². The molecule has 0 spiro atoms. The van der Waals surface area contributed by atoms with E-state index in [1.54, 1.807) is 0 Å². The molecular weight excluding hydrogens is 144 g/mol. The van der Waals surface area contributed by atoms with Crippen molar-refractivity contribution in [1.29, 1.82) is 0 Å². The molecule has 0 heterocycles. The Morgan fingerprint density at radius 2 is 1.75 bits per heavy atom. The molecule has 0 N–H and O–H groups in total. The maximum atomic E-state index is 2.48. The fraction of sp³-hybridized carbons (Fsp3) is 1.00. The normalized spacial score (nSPS) is 38.2. The van der Waals surface area contributed by atoms with Gasteiger partial charge in [-0.1, -0.05) is 53.9 Å². The fourth-order valence-electron chi connectivity index (χ4n) is 2.62. The summed E-state index contributed by atoms with van der Waals surface area (Å²) in [6, 6.07) is 0. The van der Waals surface area contributed by atoms with Crippen LogP contribution in [0.5, 0.6) is 0 Å². The Morgan fingerprint density at radius 3 is 2.08 bits per heavy atom. The summed E-state index contributed by atoms with van der Waals surface area (Å²) in [5.74, 6) is 0.909. The second kappa shape index (κ2) is 3.05. The zero-order chi connectivity index (χ0) is 9.41. The van der Waals surface area contributed by atoms with E-state index in [9.17, 15) is 0 Å². The molecule has 2 atom stereocenters. The molecule has 12 heavy (non-hydrogen) atoms. The van der Waals surface area contributed by atoms with Crippen molar-refractivity contribution in [2.45, 2.75) is 60.3 Å². The average molecular weight is 168 g/mol. The Hall–Kier alpha value is 0. The average Bonchev–Trinajstić information content (AvgIpc) is 1.93. The third-order valence-corrected chi connectivity index (χ3v) is 4.38. The topological polar surface area (TPSA) is 0 Å². The SMILES string of the molecule is CC1CCCCC1(C)C(C)(C)C. The molecule has 0 aromatic heterocycles. The van der Waals surface area contributed by atoms with Crippen molar-refractivity contribution in [3.8, 4) is 0 Å². The monoisotopic (exact) mass is 168 g/mol. The van der Waals surface area contributed by atoms with Gasteiger partial charge in [-0.15, -0.1) is 0 Å². The van der Waals surface area contributed by atoms with Crippen molar-refractivity contribution in [2.24, 2.45) is 16.7 Å². The van der Waals surface area contributed by atoms with Crippen LogP contribution in [0.25, 0.3) is 0 Å². The zero-order valence-electron chi connectivity index (χ0n) is 9.41. The molecule has 0 aliphatic heterocycles. The summed E-state index contributed by atoms with van der Waals surface area (Å²) < 4.78 is 0. The summed E-state index contributed by atoms with van der Waals surface area (Å²) in [6.45, 7) is 12.1. The lowest BCUT2D eigenvalue weighted by Gasteiger charge is -2.49. The van der Waals surface area contributed by atoms with Crippen LogP contribution in [0.4, 0.5) is 0 Å². The molecule has 0 saturated heterocycles. The summed E-state index contributed by atoms with van der Waals surface area (Å²) >= 11 is 0. The van der Waals surface area contributed by atoms with Gasteiger partial charge in [0, 0.05) is 0 Å². The Bertz CT molecular complexity index is 152. The molecule has 0 bridgehead atoms. The van der Waals surface area contributed by atoms with Crippen molar-refractivity contribution < 1.29 is 0 Å². The van der Waals surface area contributed by atoms with Crippen molar-refractivity contribution in [3.63, 3.8) is 0 Å². The van der Waals surface area contributed by atoms with Crippen molar-refractivity contribution in [3.05, 3.63) is 0 Å². The van der Waals surface area contributed by atoms with Crippen LogP contribution in [0.2, 0.25) is 0 Å². The van der Waals surface area contributed by atoms with Gasteiger partial charge in [0.1, 0.15) is 0 Å². The molecular formula is C12H24. The number of rotatable bonds is 0. The number of hydrogen-bond donors (Lipinski definition) is 0. The van der Waals surface area contributed by atoms with Gasteiger partial charge >= 0.3 is 0 Å². The Morgan fingerprint density at radius 1 is 1.17 bits per heavy atom. The minimum absolute atomic E-state index is 0.479. The first-order chi connectivity index (χ1) is 5.38. The standard InChI is InChI=1S/C12H24/c1-10-8-6-7-9-12(10,5)11(2,3)4/h10H,6-9H2,1-5H3. The number of hydrogen-bond acceptors (Lipinski definition) is 0. The van der Waals surface area contributed by atoms with E-state index in [2.05, 4.69) is 34.6 Å². The van der Waals surface area contributed by atoms with Crippen molar-refractivity contribution in [1.82, 2.24) is 0 Å². The quantitative estimate of drug-likeness (QED) is 0.507. The van der Waals surface area contributed by atoms with Crippen LogP contribution < -0.4 is 0 Å². The predicted octanol–water partition coefficient (Wildman–Crippen LogP) is 4.25. The molecule has 72 valence electrons. The van der Waals surface area contributed by atoms with E-state index in [0.29, 0.717) is 10.8 Å². The van der Waals surface area contributed by atoms with E-state index in [1.165, 1.54) is 25.7 Å². The van der Waals surface area contributed by atoms with Gasteiger partial charge < -0.3 is 0 Å². The lowest BCUT2D eigenvalue weighted by atomic mass is 9.56. The summed E-state index contributed by atoms with van der Waals surface area (Å²) in [4.78, 5) is 0. The third kappa shape index (κ3) is 1.53. The lowest BCUT2D eigenvalue weighted by molar-refractivity contribution is 0.00531. The van der Waals surface area contributed by atoms with Crippen LogP contribution in [-0.4, -0.2) is 0 Å². The van der Waals surface area contributed by atoms with Gasteiger partial charge in [-0.05, 0) is 23.2 Å². The first-order valence-corrected chi connectivity index (χ1v) is 5.38.